The van der Waals surface area contributed by atoms with E-state index < -0.39 is 17.0 Å². The summed E-state index contributed by atoms with van der Waals surface area (Å²) < 4.78 is 5.22. The monoisotopic (exact) mass is 510 g/mol. The van der Waals surface area contributed by atoms with E-state index in [0.29, 0.717) is 24.9 Å². The number of non-ortho nitro benzene ring substituents is 1. The summed E-state index contributed by atoms with van der Waals surface area (Å²) in [5.74, 6) is 0.479. The summed E-state index contributed by atoms with van der Waals surface area (Å²) in [6.07, 6.45) is 0.997. The van der Waals surface area contributed by atoms with Crippen LogP contribution in [0.2, 0.25) is 0 Å². The van der Waals surface area contributed by atoms with Gasteiger partial charge >= 0.3 is 0 Å². The molecule has 2 amide bonds. The Hall–Kier alpha value is -4.66. The lowest BCUT2D eigenvalue weighted by atomic mass is 9.86. The second-order valence-electron chi connectivity index (χ2n) is 9.70. The second-order valence-corrected chi connectivity index (χ2v) is 9.70. The number of piperazine rings is 1. The number of aromatic amines is 1. The number of hydrogen-bond acceptors (Lipinski definition) is 5. The van der Waals surface area contributed by atoms with Crippen molar-refractivity contribution >= 4 is 28.4 Å². The summed E-state index contributed by atoms with van der Waals surface area (Å²) in [5.41, 5.74) is 4.27. The summed E-state index contributed by atoms with van der Waals surface area (Å²) in [6, 6.07) is 20.5. The Morgan fingerprint density at radius 3 is 2.61 bits per heavy atom. The molecule has 2 aliphatic rings. The van der Waals surface area contributed by atoms with E-state index in [4.69, 9.17) is 4.74 Å². The van der Waals surface area contributed by atoms with Gasteiger partial charge in [-0.2, -0.15) is 0 Å². The molecular formula is C29H26N4O5. The van der Waals surface area contributed by atoms with Gasteiger partial charge in [0.1, 0.15) is 11.8 Å². The maximum atomic E-state index is 13.8. The average molecular weight is 511 g/mol. The van der Waals surface area contributed by atoms with Crippen LogP contribution in [0.4, 0.5) is 5.69 Å². The maximum absolute atomic E-state index is 13.8. The molecule has 3 heterocycles. The van der Waals surface area contributed by atoms with Gasteiger partial charge < -0.3 is 19.5 Å². The normalized spacial score (nSPS) is 18.9. The fourth-order valence-electron chi connectivity index (χ4n) is 5.72. The van der Waals surface area contributed by atoms with E-state index in [-0.39, 0.29) is 24.0 Å². The number of aromatic nitrogens is 1. The first kappa shape index (κ1) is 23.7. The van der Waals surface area contributed by atoms with Crippen molar-refractivity contribution in [1.29, 1.82) is 0 Å². The van der Waals surface area contributed by atoms with Crippen LogP contribution in [0.1, 0.15) is 28.4 Å². The summed E-state index contributed by atoms with van der Waals surface area (Å²) in [4.78, 5) is 45.3. The molecule has 1 saturated heterocycles. The molecule has 0 radical (unpaired) electrons. The predicted molar refractivity (Wildman–Crippen MR) is 141 cm³/mol. The number of nitrogens with one attached hydrogen (secondary N) is 1. The first-order valence-corrected chi connectivity index (χ1v) is 12.5. The number of para-hydroxylation sites is 1. The van der Waals surface area contributed by atoms with E-state index in [1.54, 1.807) is 29.0 Å². The van der Waals surface area contributed by atoms with Crippen molar-refractivity contribution in [3.8, 4) is 5.75 Å². The van der Waals surface area contributed by atoms with Crippen molar-refractivity contribution in [2.45, 2.75) is 24.9 Å². The fourth-order valence-corrected chi connectivity index (χ4v) is 5.72. The van der Waals surface area contributed by atoms with Crippen LogP contribution in [0.3, 0.4) is 0 Å². The van der Waals surface area contributed by atoms with E-state index in [9.17, 15) is 19.7 Å². The van der Waals surface area contributed by atoms with Crippen molar-refractivity contribution in [3.05, 3.63) is 105 Å². The predicted octanol–water partition coefficient (Wildman–Crippen LogP) is 4.01. The number of benzene rings is 3. The maximum Gasteiger partial charge on any atom is 0.269 e. The highest BCUT2D eigenvalue weighted by Crippen LogP contribution is 2.43. The molecule has 3 aromatic carbocycles. The van der Waals surface area contributed by atoms with Crippen molar-refractivity contribution in [2.75, 3.05) is 20.2 Å². The lowest BCUT2D eigenvalue weighted by Gasteiger charge is -2.47. The molecule has 2 aliphatic heterocycles. The molecule has 0 unspecified atom stereocenters. The van der Waals surface area contributed by atoms with Gasteiger partial charge in [-0.1, -0.05) is 42.5 Å². The zero-order valence-corrected chi connectivity index (χ0v) is 20.8. The summed E-state index contributed by atoms with van der Waals surface area (Å²) in [5, 5.41) is 12.5. The topological polar surface area (TPSA) is 109 Å². The number of methoxy groups -OCH3 is 1. The van der Waals surface area contributed by atoms with E-state index in [1.165, 1.54) is 12.1 Å². The highest BCUT2D eigenvalue weighted by atomic mass is 16.6. The Labute approximate surface area is 218 Å². The van der Waals surface area contributed by atoms with Crippen molar-refractivity contribution in [3.63, 3.8) is 0 Å². The number of H-pyrrole nitrogens is 1. The Morgan fingerprint density at radius 1 is 1.05 bits per heavy atom. The van der Waals surface area contributed by atoms with Gasteiger partial charge in [0.05, 0.1) is 24.6 Å². The van der Waals surface area contributed by atoms with E-state index in [1.807, 2.05) is 48.5 Å². The molecule has 192 valence electrons. The smallest absolute Gasteiger partial charge is 0.269 e. The Kier molecular flexibility index (Phi) is 5.83. The lowest BCUT2D eigenvalue weighted by Crippen LogP contribution is -2.63. The molecule has 1 N–H and O–H groups in total. The molecule has 2 atom stereocenters. The quantitative estimate of drug-likeness (QED) is 0.311. The van der Waals surface area contributed by atoms with Crippen LogP contribution in [-0.4, -0.2) is 57.8 Å². The third kappa shape index (κ3) is 3.96. The molecule has 1 aromatic heterocycles. The number of nitro benzene ring substituents is 1. The molecule has 0 saturated carbocycles. The number of fused-ring (bicyclic) bond motifs is 4. The summed E-state index contributed by atoms with van der Waals surface area (Å²) >= 11 is 0. The fraction of sp³-hybridized carbons (Fsp3) is 0.241. The van der Waals surface area contributed by atoms with Gasteiger partial charge in [-0.05, 0) is 41.3 Å². The van der Waals surface area contributed by atoms with Gasteiger partial charge in [0, 0.05) is 41.7 Å². The standard InChI is InChI=1S/C29H26N4O5/c1-38-21-11-9-18(10-12-21)13-14-31-17-26(34)32-25(29(31)35)16-23-22-7-2-3-8-24(22)30-27(23)28(32)19-5-4-6-20(15-19)33(36)37/h2-12,15,25,28,30H,13-14,16-17H2,1H3/t25-,28-/m0/s1. The minimum absolute atomic E-state index is 0.0352. The summed E-state index contributed by atoms with van der Waals surface area (Å²) in [7, 11) is 1.61. The van der Waals surface area contributed by atoms with Gasteiger partial charge in [-0.3, -0.25) is 19.7 Å². The number of carbonyl (C=O) groups is 2. The third-order valence-corrected chi connectivity index (χ3v) is 7.57. The Balaban J connectivity index is 1.37. The summed E-state index contributed by atoms with van der Waals surface area (Å²) in [6.45, 7) is 0.385. The number of hydrogen-bond donors (Lipinski definition) is 1. The van der Waals surface area contributed by atoms with Crippen molar-refractivity contribution in [1.82, 2.24) is 14.8 Å². The molecular weight excluding hydrogens is 484 g/mol. The molecule has 1 fully saturated rings. The van der Waals surface area contributed by atoms with Crippen LogP contribution in [0.25, 0.3) is 10.9 Å². The second kappa shape index (κ2) is 9.33. The molecule has 0 spiro atoms. The number of nitrogens with zero attached hydrogens (tertiary/aromatic N) is 3. The van der Waals surface area contributed by atoms with Crippen LogP contribution in [0.5, 0.6) is 5.75 Å². The van der Waals surface area contributed by atoms with Crippen molar-refractivity contribution < 1.29 is 19.2 Å². The van der Waals surface area contributed by atoms with E-state index >= 15 is 0 Å². The minimum Gasteiger partial charge on any atom is -0.497 e. The van der Waals surface area contributed by atoms with Crippen molar-refractivity contribution in [2.24, 2.45) is 0 Å². The van der Waals surface area contributed by atoms with Gasteiger partial charge in [-0.15, -0.1) is 0 Å². The van der Waals surface area contributed by atoms with Crippen LogP contribution in [0, 0.1) is 10.1 Å². The van der Waals surface area contributed by atoms with Gasteiger partial charge in [0.15, 0.2) is 0 Å². The molecule has 9 heteroatoms. The number of rotatable bonds is 6. The highest BCUT2D eigenvalue weighted by Gasteiger charge is 2.48. The number of carbonyl (C=O) groups excluding carboxylic acids is 2. The van der Waals surface area contributed by atoms with E-state index in [2.05, 4.69) is 4.98 Å². The number of amides is 2. The molecule has 4 aromatic rings. The van der Waals surface area contributed by atoms with Gasteiger partial charge in [0.2, 0.25) is 11.8 Å². The lowest BCUT2D eigenvalue weighted by molar-refractivity contribution is -0.384. The molecule has 6 rings (SSSR count). The SMILES string of the molecule is COc1ccc(CCN2CC(=O)N3[C@@H](c4cccc([N+](=O)[O-])c4)c4[nH]c5ccccc5c4C[C@H]3C2=O)cc1. The zero-order valence-electron chi connectivity index (χ0n) is 20.8. The largest absolute Gasteiger partial charge is 0.497 e. The first-order valence-electron chi connectivity index (χ1n) is 12.5. The van der Waals surface area contributed by atoms with Crippen LogP contribution in [0.15, 0.2) is 72.8 Å². The van der Waals surface area contributed by atoms with Crippen LogP contribution >= 0.6 is 0 Å². The minimum atomic E-state index is -0.692. The zero-order chi connectivity index (χ0) is 26.4. The van der Waals surface area contributed by atoms with Gasteiger partial charge in [-0.25, -0.2) is 0 Å². The molecule has 0 aliphatic carbocycles. The Morgan fingerprint density at radius 2 is 1.84 bits per heavy atom. The Bertz CT molecular complexity index is 1560. The van der Waals surface area contributed by atoms with Crippen LogP contribution < -0.4 is 4.74 Å². The average Bonchev–Trinajstić information content (AvgIpc) is 3.31. The third-order valence-electron chi connectivity index (χ3n) is 7.57. The number of ether oxygens (including phenoxy) is 1. The van der Waals surface area contributed by atoms with Crippen LogP contribution in [-0.2, 0) is 22.4 Å². The highest BCUT2D eigenvalue weighted by molar-refractivity contribution is 5.97. The van der Waals surface area contributed by atoms with Gasteiger partial charge in [0.25, 0.3) is 5.69 Å². The molecule has 38 heavy (non-hydrogen) atoms. The first-order chi connectivity index (χ1) is 18.4. The molecule has 0 bridgehead atoms. The van der Waals surface area contributed by atoms with E-state index in [0.717, 1.165) is 33.5 Å². The molecule has 9 nitrogen and oxygen atoms in total. The number of nitro groups is 1.